The Kier molecular flexibility index (Phi) is 7.41. The molecule has 0 unspecified atom stereocenters. The number of amides is 1. The minimum Gasteiger partial charge on any atom is -0.493 e. The molecule has 2 aliphatic rings. The number of fused-ring (bicyclic) bond motifs is 1. The van der Waals surface area contributed by atoms with Crippen LogP contribution in [-0.4, -0.2) is 50.9 Å². The van der Waals surface area contributed by atoms with Crippen LogP contribution in [-0.2, 0) is 16.0 Å². The van der Waals surface area contributed by atoms with Gasteiger partial charge in [-0.05, 0) is 26.3 Å². The van der Waals surface area contributed by atoms with Gasteiger partial charge in [0.2, 0.25) is 5.91 Å². The Labute approximate surface area is 183 Å². The van der Waals surface area contributed by atoms with Gasteiger partial charge in [-0.15, -0.1) is 13.2 Å². The van der Waals surface area contributed by atoms with Crippen LogP contribution in [0.1, 0.15) is 44.0 Å². The Morgan fingerprint density at radius 3 is 2.71 bits per heavy atom. The SMILES string of the molecule is C=C.CC(C)(O)N(C(=O)[C@H](Cc1cnccn1)C[C@H]1CO1)[C@@H]1CCOc2ccccc21. The lowest BCUT2D eigenvalue weighted by Crippen LogP contribution is -2.53. The fourth-order valence-electron chi connectivity index (χ4n) is 4.07. The molecule has 1 aromatic carbocycles. The van der Waals surface area contributed by atoms with Gasteiger partial charge < -0.3 is 19.5 Å². The van der Waals surface area contributed by atoms with E-state index in [0.29, 0.717) is 32.5 Å². The van der Waals surface area contributed by atoms with E-state index in [1.54, 1.807) is 37.3 Å². The second kappa shape index (κ2) is 10.0. The first-order chi connectivity index (χ1) is 14.9. The van der Waals surface area contributed by atoms with Gasteiger partial charge in [-0.3, -0.25) is 14.8 Å². The number of nitrogens with zero attached hydrogens (tertiary/aromatic N) is 3. The Hall–Kier alpha value is -2.77. The van der Waals surface area contributed by atoms with E-state index in [9.17, 15) is 9.90 Å². The average molecular weight is 426 g/mol. The van der Waals surface area contributed by atoms with E-state index in [-0.39, 0.29) is 24.0 Å². The number of benzene rings is 1. The summed E-state index contributed by atoms with van der Waals surface area (Å²) in [7, 11) is 0. The van der Waals surface area contributed by atoms with Crippen LogP contribution < -0.4 is 4.74 Å². The zero-order valence-corrected chi connectivity index (χ0v) is 18.2. The number of para-hydroxylation sites is 1. The lowest BCUT2D eigenvalue weighted by Gasteiger charge is -2.44. The van der Waals surface area contributed by atoms with Crippen molar-refractivity contribution < 1.29 is 19.4 Å². The van der Waals surface area contributed by atoms with E-state index >= 15 is 0 Å². The molecular weight excluding hydrogens is 394 g/mol. The number of aromatic nitrogens is 2. The van der Waals surface area contributed by atoms with Crippen LogP contribution in [0.3, 0.4) is 0 Å². The van der Waals surface area contributed by atoms with Crippen molar-refractivity contribution in [2.75, 3.05) is 13.2 Å². The maximum Gasteiger partial charge on any atom is 0.228 e. The molecule has 1 fully saturated rings. The Bertz CT molecular complexity index is 865. The molecule has 0 saturated carbocycles. The summed E-state index contributed by atoms with van der Waals surface area (Å²) in [5.74, 6) is 0.322. The number of epoxide rings is 1. The molecule has 1 N–H and O–H groups in total. The smallest absolute Gasteiger partial charge is 0.228 e. The van der Waals surface area contributed by atoms with Crippen molar-refractivity contribution >= 4 is 5.91 Å². The van der Waals surface area contributed by atoms with Crippen molar-refractivity contribution in [1.82, 2.24) is 14.9 Å². The molecule has 166 valence electrons. The van der Waals surface area contributed by atoms with Crippen molar-refractivity contribution in [3.8, 4) is 5.75 Å². The lowest BCUT2D eigenvalue weighted by atomic mass is 9.91. The van der Waals surface area contributed by atoms with Crippen LogP contribution in [0.5, 0.6) is 5.75 Å². The third-order valence-corrected chi connectivity index (χ3v) is 5.44. The van der Waals surface area contributed by atoms with Gasteiger partial charge in [0, 0.05) is 42.9 Å². The van der Waals surface area contributed by atoms with Crippen molar-refractivity contribution in [3.63, 3.8) is 0 Å². The number of carbonyl (C=O) groups is 1. The van der Waals surface area contributed by atoms with Gasteiger partial charge in [-0.25, -0.2) is 0 Å². The van der Waals surface area contributed by atoms with Gasteiger partial charge in [0.05, 0.1) is 31.1 Å². The number of ether oxygens (including phenoxy) is 2. The van der Waals surface area contributed by atoms with Crippen molar-refractivity contribution in [2.24, 2.45) is 5.92 Å². The highest BCUT2D eigenvalue weighted by Crippen LogP contribution is 2.40. The minimum absolute atomic E-state index is 0.0891. The van der Waals surface area contributed by atoms with E-state index in [0.717, 1.165) is 17.0 Å². The highest BCUT2D eigenvalue weighted by Gasteiger charge is 2.42. The molecule has 3 heterocycles. The summed E-state index contributed by atoms with van der Waals surface area (Å²) in [6.07, 6.45) is 6.72. The zero-order valence-electron chi connectivity index (χ0n) is 18.2. The highest BCUT2D eigenvalue weighted by molar-refractivity contribution is 5.80. The molecule has 0 spiro atoms. The third kappa shape index (κ3) is 5.68. The normalized spacial score (nSPS) is 20.4. The monoisotopic (exact) mass is 425 g/mol. The van der Waals surface area contributed by atoms with Crippen molar-refractivity contribution in [3.05, 3.63) is 67.3 Å². The molecule has 31 heavy (non-hydrogen) atoms. The number of rotatable bonds is 7. The predicted molar refractivity (Wildman–Crippen MR) is 117 cm³/mol. The number of carbonyl (C=O) groups excluding carboxylic acids is 1. The van der Waals surface area contributed by atoms with Crippen LogP contribution >= 0.6 is 0 Å². The molecule has 4 rings (SSSR count). The second-order valence-corrected chi connectivity index (χ2v) is 8.18. The molecule has 0 aliphatic carbocycles. The summed E-state index contributed by atoms with van der Waals surface area (Å²) >= 11 is 0. The molecular formula is C24H31N3O4. The molecule has 2 aromatic rings. The van der Waals surface area contributed by atoms with Crippen LogP contribution in [0.4, 0.5) is 0 Å². The molecule has 0 radical (unpaired) electrons. The van der Waals surface area contributed by atoms with Crippen LogP contribution in [0, 0.1) is 5.92 Å². The summed E-state index contributed by atoms with van der Waals surface area (Å²) < 4.78 is 11.2. The Balaban J connectivity index is 0.00000132. The fraction of sp³-hybridized carbons (Fsp3) is 0.458. The predicted octanol–water partition coefficient (Wildman–Crippen LogP) is 3.31. The molecule has 1 amide bonds. The minimum atomic E-state index is -1.32. The summed E-state index contributed by atoms with van der Waals surface area (Å²) in [6.45, 7) is 10.5. The Morgan fingerprint density at radius 1 is 1.32 bits per heavy atom. The summed E-state index contributed by atoms with van der Waals surface area (Å²) in [6, 6.07) is 7.47. The lowest BCUT2D eigenvalue weighted by molar-refractivity contribution is -0.167. The molecule has 3 atom stereocenters. The molecule has 0 bridgehead atoms. The van der Waals surface area contributed by atoms with E-state index in [4.69, 9.17) is 9.47 Å². The van der Waals surface area contributed by atoms with Crippen molar-refractivity contribution in [2.45, 2.75) is 51.0 Å². The second-order valence-electron chi connectivity index (χ2n) is 8.18. The maximum atomic E-state index is 13.8. The number of hydrogen-bond donors (Lipinski definition) is 1. The molecule has 1 saturated heterocycles. The van der Waals surface area contributed by atoms with Crippen LogP contribution in [0.2, 0.25) is 0 Å². The molecule has 1 aromatic heterocycles. The topological polar surface area (TPSA) is 88.1 Å². The largest absolute Gasteiger partial charge is 0.493 e. The van der Waals surface area contributed by atoms with Gasteiger partial charge in [-0.1, -0.05) is 18.2 Å². The highest BCUT2D eigenvalue weighted by atomic mass is 16.6. The molecule has 7 nitrogen and oxygen atoms in total. The molecule has 2 aliphatic heterocycles. The van der Waals surface area contributed by atoms with Gasteiger partial charge in [0.15, 0.2) is 0 Å². The Morgan fingerprint density at radius 2 is 2.06 bits per heavy atom. The standard InChI is InChI=1S/C22H27N3O4.C2H4/c1-22(2,27)25(19-7-10-28-20-6-4-3-5-18(19)20)21(26)15(12-17-14-29-17)11-16-13-23-8-9-24-16;1-2/h3-6,8-9,13,15,17,19,27H,7,10-12,14H2,1-2H3;1-2H2/t15-,17+,19-;/m1./s1. The summed E-state index contributed by atoms with van der Waals surface area (Å²) in [4.78, 5) is 23.9. The number of hydrogen-bond acceptors (Lipinski definition) is 6. The zero-order chi connectivity index (χ0) is 22.4. The molecule has 7 heteroatoms. The van der Waals surface area contributed by atoms with E-state index in [1.165, 1.54) is 0 Å². The van der Waals surface area contributed by atoms with Crippen LogP contribution in [0.25, 0.3) is 0 Å². The third-order valence-electron chi connectivity index (χ3n) is 5.44. The first kappa shape index (κ1) is 22.9. The maximum absolute atomic E-state index is 13.8. The fourth-order valence-corrected chi connectivity index (χ4v) is 4.07. The van der Waals surface area contributed by atoms with Crippen LogP contribution in [0.15, 0.2) is 56.0 Å². The quantitative estimate of drug-likeness (QED) is 0.416. The number of aliphatic hydroxyl groups is 1. The van der Waals surface area contributed by atoms with E-state index in [2.05, 4.69) is 23.1 Å². The van der Waals surface area contributed by atoms with E-state index < -0.39 is 5.72 Å². The van der Waals surface area contributed by atoms with Gasteiger partial charge >= 0.3 is 0 Å². The first-order valence-corrected chi connectivity index (χ1v) is 10.6. The van der Waals surface area contributed by atoms with E-state index in [1.807, 2.05) is 24.3 Å². The average Bonchev–Trinajstić information content (AvgIpc) is 3.59. The summed E-state index contributed by atoms with van der Waals surface area (Å²) in [5, 5.41) is 11.0. The van der Waals surface area contributed by atoms with Crippen molar-refractivity contribution in [1.29, 1.82) is 0 Å². The van der Waals surface area contributed by atoms with Gasteiger partial charge in [0.25, 0.3) is 0 Å². The summed E-state index contributed by atoms with van der Waals surface area (Å²) in [5.41, 5.74) is 0.363. The van der Waals surface area contributed by atoms with Gasteiger partial charge in [0.1, 0.15) is 11.5 Å². The van der Waals surface area contributed by atoms with Gasteiger partial charge in [-0.2, -0.15) is 0 Å². The first-order valence-electron chi connectivity index (χ1n) is 10.6.